The molecule has 0 aliphatic rings. The second kappa shape index (κ2) is 14.3. The summed E-state index contributed by atoms with van der Waals surface area (Å²) >= 11 is 0. The molecule has 4 aromatic rings. The van der Waals surface area contributed by atoms with Gasteiger partial charge in [0.1, 0.15) is 0 Å². The molecule has 55 heavy (non-hydrogen) atoms. The van der Waals surface area contributed by atoms with Gasteiger partial charge in [-0.2, -0.15) is 52.7 Å². The highest BCUT2D eigenvalue weighted by Crippen LogP contribution is 2.54. The maximum absolute atomic E-state index is 14.2. The highest BCUT2D eigenvalue weighted by Gasteiger charge is 2.73. The van der Waals surface area contributed by atoms with Crippen LogP contribution in [0.2, 0.25) is 0 Å². The van der Waals surface area contributed by atoms with E-state index >= 15 is 0 Å². The van der Waals surface area contributed by atoms with Crippen molar-refractivity contribution in [1.29, 1.82) is 0 Å². The number of anilines is 4. The van der Waals surface area contributed by atoms with Crippen LogP contribution < -0.4 is 22.1 Å². The van der Waals surface area contributed by atoms with Crippen molar-refractivity contribution in [2.24, 2.45) is 0 Å². The number of carbonyl (C=O) groups excluding carboxylic acids is 2. The van der Waals surface area contributed by atoms with Crippen LogP contribution in [-0.4, -0.2) is 46.7 Å². The Morgan fingerprint density at radius 2 is 0.855 bits per heavy atom. The van der Waals surface area contributed by atoms with Crippen LogP contribution in [0.25, 0.3) is 0 Å². The van der Waals surface area contributed by atoms with E-state index in [0.717, 1.165) is 50.2 Å². The Balaban J connectivity index is 1.97. The minimum absolute atomic E-state index is 0.0185. The van der Waals surface area contributed by atoms with Gasteiger partial charge in [0.15, 0.2) is 0 Å². The van der Waals surface area contributed by atoms with Gasteiger partial charge in [-0.15, -0.1) is 0 Å². The molecule has 0 aliphatic carbocycles. The van der Waals surface area contributed by atoms with Crippen molar-refractivity contribution in [2.45, 2.75) is 56.2 Å². The molecule has 2 amide bonds. The van der Waals surface area contributed by atoms with E-state index in [4.69, 9.17) is 11.5 Å². The number of hydrogen-bond donors (Lipinski definition) is 6. The van der Waals surface area contributed by atoms with E-state index in [1.807, 2.05) is 10.6 Å². The molecule has 0 bridgehead atoms. The van der Waals surface area contributed by atoms with Gasteiger partial charge in [0.25, 0.3) is 23.0 Å². The highest BCUT2D eigenvalue weighted by atomic mass is 19.4. The Labute approximate surface area is 302 Å². The van der Waals surface area contributed by atoms with Crippen LogP contribution in [0, 0.1) is 13.8 Å². The molecule has 0 aliphatic heterocycles. The molecular weight excluding hydrogens is 768 g/mol. The van der Waals surface area contributed by atoms with E-state index in [1.54, 1.807) is 0 Å². The smallest absolute Gasteiger partial charge is 0.399 e. The van der Waals surface area contributed by atoms with E-state index in [-0.39, 0.29) is 34.6 Å². The summed E-state index contributed by atoms with van der Waals surface area (Å²) in [6, 6.07) is 11.3. The average molecular weight is 797 g/mol. The summed E-state index contributed by atoms with van der Waals surface area (Å²) in [5, 5.41) is 24.6. The predicted octanol–water partition coefficient (Wildman–Crippen LogP) is 8.19. The number of amides is 2. The van der Waals surface area contributed by atoms with Gasteiger partial charge in [0.2, 0.25) is 0 Å². The third kappa shape index (κ3) is 8.00. The van der Waals surface area contributed by atoms with Gasteiger partial charge in [-0.25, -0.2) is 0 Å². The van der Waals surface area contributed by atoms with Crippen LogP contribution in [0.15, 0.2) is 72.8 Å². The first kappa shape index (κ1) is 42.2. The number of halogens is 12. The normalized spacial score (nSPS) is 13.1. The molecule has 0 aromatic heterocycles. The van der Waals surface area contributed by atoms with Gasteiger partial charge >= 0.3 is 24.7 Å². The Morgan fingerprint density at radius 1 is 0.545 bits per heavy atom. The number of carbonyl (C=O) groups is 2. The fraction of sp³-hybridized carbons (Fsp3) is 0.257. The largest absolute Gasteiger partial charge is 0.430 e. The molecule has 20 heteroatoms. The molecule has 0 spiro atoms. The fourth-order valence-electron chi connectivity index (χ4n) is 5.73. The van der Waals surface area contributed by atoms with E-state index in [0.29, 0.717) is 0 Å². The van der Waals surface area contributed by atoms with Gasteiger partial charge < -0.3 is 32.3 Å². The number of nitrogens with one attached hydrogen (secondary N) is 2. The van der Waals surface area contributed by atoms with Crippen LogP contribution in [0.3, 0.4) is 0 Å². The fourth-order valence-corrected chi connectivity index (χ4v) is 5.73. The zero-order valence-corrected chi connectivity index (χ0v) is 28.0. The number of aryl methyl sites for hydroxylation is 2. The summed E-state index contributed by atoms with van der Waals surface area (Å²) in [7, 11) is 0. The molecule has 0 saturated heterocycles. The molecule has 4 aromatic carbocycles. The number of hydrogen-bond acceptors (Lipinski definition) is 6. The van der Waals surface area contributed by atoms with Gasteiger partial charge in [0, 0.05) is 33.6 Å². The monoisotopic (exact) mass is 796 g/mol. The lowest BCUT2D eigenvalue weighted by Crippen LogP contribution is -2.54. The van der Waals surface area contributed by atoms with Crippen molar-refractivity contribution in [1.82, 2.24) is 0 Å². The standard InChI is InChI=1S/C35H28F12N4O4/c1-16-9-18(12-24(30(54,32(36,37)38)33(39,40)41)26(16)50-28(52)20-5-3-7-22(48)14-20)11-19-10-17(2)27(51-29(53)21-6-4-8-23(49)15-21)25(13-19)31(55,34(42,43)44)35(45,46)47/h3-10,12-15,54-55H,11,48-49H2,1-2H3,(H,50,52)(H,51,53). The van der Waals surface area contributed by atoms with E-state index in [1.165, 1.54) is 24.3 Å². The molecule has 8 nitrogen and oxygen atoms in total. The molecule has 0 radical (unpaired) electrons. The number of alkyl halides is 12. The minimum atomic E-state index is -6.52. The van der Waals surface area contributed by atoms with Crippen LogP contribution >= 0.6 is 0 Å². The quantitative estimate of drug-likeness (QED) is 0.0782. The molecule has 0 fully saturated rings. The maximum atomic E-state index is 14.2. The molecule has 4 rings (SSSR count). The van der Waals surface area contributed by atoms with Crippen LogP contribution in [0.5, 0.6) is 0 Å². The Hall–Kier alpha value is -5.50. The SMILES string of the molecule is Cc1cc(Cc2cc(C)c(NC(=O)c3cccc(N)c3)c(C(O)(C(F)(F)F)C(F)(F)F)c2)cc(C(O)(C(F)(F)F)C(F)(F)F)c1NC(=O)c1cccc(N)c1. The number of benzene rings is 4. The third-order valence-electron chi connectivity index (χ3n) is 8.39. The molecule has 8 N–H and O–H groups in total. The second-order valence-electron chi connectivity index (χ2n) is 12.4. The topological polar surface area (TPSA) is 151 Å². The van der Waals surface area contributed by atoms with E-state index < -0.39 is 98.9 Å². The van der Waals surface area contributed by atoms with Crippen LogP contribution in [0.1, 0.15) is 54.1 Å². The summed E-state index contributed by atoms with van der Waals surface area (Å²) in [5.41, 5.74) is -9.67. The Morgan fingerprint density at radius 3 is 1.13 bits per heavy atom. The Bertz CT molecular complexity index is 1950. The van der Waals surface area contributed by atoms with Crippen LogP contribution in [-0.2, 0) is 17.6 Å². The first-order valence-electron chi connectivity index (χ1n) is 15.4. The third-order valence-corrected chi connectivity index (χ3v) is 8.39. The van der Waals surface area contributed by atoms with Gasteiger partial charge in [-0.1, -0.05) is 24.3 Å². The first-order valence-corrected chi connectivity index (χ1v) is 15.4. The lowest BCUT2D eigenvalue weighted by Gasteiger charge is -2.35. The van der Waals surface area contributed by atoms with Crippen LogP contribution in [0.4, 0.5) is 75.4 Å². The second-order valence-corrected chi connectivity index (χ2v) is 12.4. The number of nitrogens with two attached hydrogens (primary N) is 2. The summed E-state index contributed by atoms with van der Waals surface area (Å²) in [5.74, 6) is -2.54. The van der Waals surface area contributed by atoms with Gasteiger partial charge in [-0.3, -0.25) is 9.59 Å². The van der Waals surface area contributed by atoms with E-state index in [2.05, 4.69) is 0 Å². The maximum Gasteiger partial charge on any atom is 0.430 e. The predicted molar refractivity (Wildman–Crippen MR) is 175 cm³/mol. The molecular formula is C35H28F12N4O4. The van der Waals surface area contributed by atoms with Gasteiger partial charge in [-0.05, 0) is 91.1 Å². The lowest BCUT2D eigenvalue weighted by atomic mass is 9.84. The highest BCUT2D eigenvalue weighted by molar-refractivity contribution is 6.06. The number of rotatable bonds is 8. The molecule has 0 heterocycles. The van der Waals surface area contributed by atoms with Crippen molar-refractivity contribution in [3.63, 3.8) is 0 Å². The molecule has 0 atom stereocenters. The summed E-state index contributed by atoms with van der Waals surface area (Å²) in [6.45, 7) is 1.82. The van der Waals surface area contributed by atoms with E-state index in [9.17, 15) is 72.5 Å². The summed E-state index contributed by atoms with van der Waals surface area (Å²) < 4.78 is 171. The minimum Gasteiger partial charge on any atom is -0.399 e. The zero-order valence-electron chi connectivity index (χ0n) is 28.0. The number of nitrogen functional groups attached to an aromatic ring is 2. The number of aliphatic hydroxyl groups is 2. The molecule has 0 saturated carbocycles. The zero-order chi connectivity index (χ0) is 41.7. The van der Waals surface area contributed by atoms with Crippen molar-refractivity contribution in [2.75, 3.05) is 22.1 Å². The molecule has 296 valence electrons. The molecule has 0 unspecified atom stereocenters. The van der Waals surface area contributed by atoms with Crippen molar-refractivity contribution < 1.29 is 72.5 Å². The van der Waals surface area contributed by atoms with Crippen molar-refractivity contribution in [3.05, 3.63) is 117 Å². The summed E-state index contributed by atoms with van der Waals surface area (Å²) in [6.07, 6.45) is -27.1. The van der Waals surface area contributed by atoms with Gasteiger partial charge in [0.05, 0.1) is 11.4 Å². The first-order chi connectivity index (χ1) is 25.0. The van der Waals surface area contributed by atoms with Crippen molar-refractivity contribution in [3.8, 4) is 0 Å². The average Bonchev–Trinajstić information content (AvgIpc) is 3.03. The lowest BCUT2D eigenvalue weighted by molar-refractivity contribution is -0.376. The Kier molecular flexibility index (Phi) is 11.0. The van der Waals surface area contributed by atoms with Crippen molar-refractivity contribution >= 4 is 34.6 Å². The summed E-state index contributed by atoms with van der Waals surface area (Å²) in [4.78, 5) is 25.9.